The lowest BCUT2D eigenvalue weighted by Crippen LogP contribution is -2.27. The lowest BCUT2D eigenvalue weighted by Gasteiger charge is -2.21. The summed E-state index contributed by atoms with van der Waals surface area (Å²) < 4.78 is 5.28. The van der Waals surface area contributed by atoms with Crippen LogP contribution in [0.4, 0.5) is 4.79 Å². The Kier molecular flexibility index (Phi) is 3.06. The normalized spacial score (nSPS) is 13.2. The zero-order valence-corrected chi connectivity index (χ0v) is 10.4. The highest BCUT2D eigenvalue weighted by molar-refractivity contribution is 5.72. The summed E-state index contributed by atoms with van der Waals surface area (Å²) in [5, 5.41) is 0. The van der Waals surface area contributed by atoms with E-state index in [1.807, 2.05) is 48.8 Å². The standard InChI is InChI=1S/C15H14N2O2/c18-15(19-11-12-4-2-1-3-5-12)17-7-6-13-8-16-9-14(13)10-17/h1-9,16H,10-11H2. The van der Waals surface area contributed by atoms with Crippen molar-refractivity contribution in [3.05, 3.63) is 65.6 Å². The summed E-state index contributed by atoms with van der Waals surface area (Å²) >= 11 is 0. The molecule has 0 aliphatic carbocycles. The summed E-state index contributed by atoms with van der Waals surface area (Å²) in [5.74, 6) is 0. The largest absolute Gasteiger partial charge is 0.444 e. The van der Waals surface area contributed by atoms with Gasteiger partial charge in [0, 0.05) is 18.6 Å². The van der Waals surface area contributed by atoms with Gasteiger partial charge in [-0.3, -0.25) is 4.90 Å². The van der Waals surface area contributed by atoms with Gasteiger partial charge in [-0.05, 0) is 22.8 Å². The summed E-state index contributed by atoms with van der Waals surface area (Å²) in [4.78, 5) is 16.5. The lowest BCUT2D eigenvalue weighted by molar-refractivity contribution is 0.109. The minimum absolute atomic E-state index is 0.296. The number of nitrogens with zero attached hydrogens (tertiary/aromatic N) is 1. The number of H-pyrrole nitrogens is 1. The Bertz CT molecular complexity index is 602. The second-order valence-electron chi connectivity index (χ2n) is 4.42. The van der Waals surface area contributed by atoms with Gasteiger partial charge in [-0.25, -0.2) is 4.79 Å². The smallest absolute Gasteiger partial charge is 0.414 e. The molecule has 1 aliphatic heterocycles. The summed E-state index contributed by atoms with van der Waals surface area (Å²) in [6.07, 6.45) is 7.14. The van der Waals surface area contributed by atoms with Crippen LogP contribution in [0, 0.1) is 0 Å². The third-order valence-electron chi connectivity index (χ3n) is 3.08. The van der Waals surface area contributed by atoms with Gasteiger partial charge in [0.25, 0.3) is 0 Å². The number of ether oxygens (including phenoxy) is 1. The van der Waals surface area contributed by atoms with Crippen LogP contribution < -0.4 is 0 Å². The fourth-order valence-electron chi connectivity index (χ4n) is 2.03. The molecule has 19 heavy (non-hydrogen) atoms. The zero-order chi connectivity index (χ0) is 13.1. The molecule has 96 valence electrons. The van der Waals surface area contributed by atoms with Crippen molar-refractivity contribution in [3.63, 3.8) is 0 Å². The van der Waals surface area contributed by atoms with E-state index in [0.717, 1.165) is 16.7 Å². The number of nitrogens with one attached hydrogen (secondary N) is 1. The highest BCUT2D eigenvalue weighted by Crippen LogP contribution is 2.19. The molecule has 4 nitrogen and oxygen atoms in total. The van der Waals surface area contributed by atoms with Crippen molar-refractivity contribution in [3.8, 4) is 0 Å². The zero-order valence-electron chi connectivity index (χ0n) is 10.4. The van der Waals surface area contributed by atoms with Crippen molar-refractivity contribution < 1.29 is 9.53 Å². The van der Waals surface area contributed by atoms with Crippen LogP contribution in [-0.2, 0) is 17.9 Å². The van der Waals surface area contributed by atoms with E-state index in [-0.39, 0.29) is 6.09 Å². The summed E-state index contributed by atoms with van der Waals surface area (Å²) in [7, 11) is 0. The average Bonchev–Trinajstić information content (AvgIpc) is 2.93. The second kappa shape index (κ2) is 5.02. The van der Waals surface area contributed by atoms with Crippen molar-refractivity contribution in [2.45, 2.75) is 13.2 Å². The molecular formula is C15H14N2O2. The van der Waals surface area contributed by atoms with Gasteiger partial charge < -0.3 is 9.72 Å². The molecule has 0 saturated heterocycles. The van der Waals surface area contributed by atoms with Crippen LogP contribution >= 0.6 is 0 Å². The highest BCUT2D eigenvalue weighted by atomic mass is 16.6. The quantitative estimate of drug-likeness (QED) is 0.894. The molecule has 1 aliphatic rings. The van der Waals surface area contributed by atoms with E-state index in [2.05, 4.69) is 4.98 Å². The number of aromatic amines is 1. The van der Waals surface area contributed by atoms with E-state index in [0.29, 0.717) is 13.2 Å². The summed E-state index contributed by atoms with van der Waals surface area (Å²) in [6.45, 7) is 0.840. The van der Waals surface area contributed by atoms with E-state index in [1.165, 1.54) is 0 Å². The minimum atomic E-state index is -0.327. The Hall–Kier alpha value is -2.49. The molecule has 0 spiro atoms. The number of rotatable bonds is 2. The maximum absolute atomic E-state index is 11.9. The molecule has 2 heterocycles. The van der Waals surface area contributed by atoms with Crippen LogP contribution in [-0.4, -0.2) is 16.0 Å². The maximum Gasteiger partial charge on any atom is 0.414 e. The summed E-state index contributed by atoms with van der Waals surface area (Å²) in [6, 6.07) is 9.66. The Labute approximate surface area is 111 Å². The number of aromatic nitrogens is 1. The van der Waals surface area contributed by atoms with Crippen LogP contribution in [0.1, 0.15) is 16.7 Å². The van der Waals surface area contributed by atoms with Crippen LogP contribution in [0.15, 0.2) is 48.9 Å². The molecule has 0 unspecified atom stereocenters. The SMILES string of the molecule is O=C(OCc1ccccc1)N1C=Cc2c[nH]cc2C1. The topological polar surface area (TPSA) is 45.3 Å². The number of hydrogen-bond donors (Lipinski definition) is 1. The number of hydrogen-bond acceptors (Lipinski definition) is 2. The molecule has 3 rings (SSSR count). The molecule has 1 aromatic heterocycles. The number of benzene rings is 1. The highest BCUT2D eigenvalue weighted by Gasteiger charge is 2.18. The van der Waals surface area contributed by atoms with Gasteiger partial charge in [0.1, 0.15) is 6.61 Å². The van der Waals surface area contributed by atoms with Crippen molar-refractivity contribution in [2.75, 3.05) is 0 Å². The molecule has 0 saturated carbocycles. The van der Waals surface area contributed by atoms with Gasteiger partial charge in [0.05, 0.1) is 6.54 Å². The van der Waals surface area contributed by atoms with Crippen LogP contribution in [0.5, 0.6) is 0 Å². The molecule has 0 atom stereocenters. The Balaban J connectivity index is 1.60. The molecule has 2 aromatic rings. The van der Waals surface area contributed by atoms with E-state index < -0.39 is 0 Å². The molecule has 0 radical (unpaired) electrons. The van der Waals surface area contributed by atoms with E-state index in [9.17, 15) is 4.79 Å². The number of amides is 1. The molecule has 4 heteroatoms. The predicted octanol–water partition coefficient (Wildman–Crippen LogP) is 3.14. The predicted molar refractivity (Wildman–Crippen MR) is 72.0 cm³/mol. The van der Waals surface area contributed by atoms with Gasteiger partial charge in [-0.15, -0.1) is 0 Å². The van der Waals surface area contributed by atoms with Crippen LogP contribution in [0.25, 0.3) is 6.08 Å². The molecule has 1 N–H and O–H groups in total. The van der Waals surface area contributed by atoms with Gasteiger partial charge in [0.15, 0.2) is 0 Å². The first-order valence-electron chi connectivity index (χ1n) is 6.14. The lowest BCUT2D eigenvalue weighted by atomic mass is 10.1. The fraction of sp³-hybridized carbons (Fsp3) is 0.133. The summed E-state index contributed by atoms with van der Waals surface area (Å²) in [5.41, 5.74) is 3.20. The van der Waals surface area contributed by atoms with Crippen molar-refractivity contribution in [1.29, 1.82) is 0 Å². The van der Waals surface area contributed by atoms with Gasteiger partial charge >= 0.3 is 6.09 Å². The Morgan fingerprint density at radius 2 is 2.11 bits per heavy atom. The molecular weight excluding hydrogens is 240 g/mol. The molecule has 1 aromatic carbocycles. The Morgan fingerprint density at radius 1 is 1.26 bits per heavy atom. The minimum Gasteiger partial charge on any atom is -0.444 e. The Morgan fingerprint density at radius 3 is 2.95 bits per heavy atom. The first-order valence-corrected chi connectivity index (χ1v) is 6.14. The van der Waals surface area contributed by atoms with Gasteiger partial charge in [0.2, 0.25) is 0 Å². The fourth-order valence-corrected chi connectivity index (χ4v) is 2.03. The van der Waals surface area contributed by atoms with Crippen LogP contribution in [0.2, 0.25) is 0 Å². The molecule has 0 bridgehead atoms. The number of carbonyl (C=O) groups is 1. The number of fused-ring (bicyclic) bond motifs is 1. The van der Waals surface area contributed by atoms with Crippen molar-refractivity contribution in [2.24, 2.45) is 0 Å². The van der Waals surface area contributed by atoms with Crippen molar-refractivity contribution in [1.82, 2.24) is 9.88 Å². The average molecular weight is 254 g/mol. The third kappa shape index (κ3) is 2.52. The third-order valence-corrected chi connectivity index (χ3v) is 3.08. The molecule has 1 amide bonds. The van der Waals surface area contributed by atoms with E-state index in [4.69, 9.17) is 4.74 Å². The van der Waals surface area contributed by atoms with Gasteiger partial charge in [-0.1, -0.05) is 30.3 Å². The first-order chi connectivity index (χ1) is 9.33. The second-order valence-corrected chi connectivity index (χ2v) is 4.42. The van der Waals surface area contributed by atoms with E-state index in [1.54, 1.807) is 11.1 Å². The molecule has 0 fully saturated rings. The number of carbonyl (C=O) groups excluding carboxylic acids is 1. The monoisotopic (exact) mass is 254 g/mol. The van der Waals surface area contributed by atoms with Crippen LogP contribution in [0.3, 0.4) is 0 Å². The van der Waals surface area contributed by atoms with Gasteiger partial charge in [-0.2, -0.15) is 0 Å². The van der Waals surface area contributed by atoms with Crippen molar-refractivity contribution >= 4 is 12.2 Å². The van der Waals surface area contributed by atoms with E-state index >= 15 is 0 Å². The first kappa shape index (κ1) is 11.6. The maximum atomic E-state index is 11.9.